The van der Waals surface area contributed by atoms with E-state index in [0.717, 1.165) is 35.3 Å². The van der Waals surface area contributed by atoms with Gasteiger partial charge in [0, 0.05) is 13.7 Å². The SMILES string of the molecule is COC(C(=O)NCc1ccc(C#N)cc1)c1ccc2c(c1)CCC(C)(C)O2. The summed E-state index contributed by atoms with van der Waals surface area (Å²) < 4.78 is 11.5. The van der Waals surface area contributed by atoms with Crippen LogP contribution in [0.15, 0.2) is 42.5 Å². The summed E-state index contributed by atoms with van der Waals surface area (Å²) in [6.07, 6.45) is 1.18. The Hall–Kier alpha value is -2.84. The van der Waals surface area contributed by atoms with Crippen molar-refractivity contribution in [2.24, 2.45) is 0 Å². The van der Waals surface area contributed by atoms with Crippen molar-refractivity contribution >= 4 is 5.91 Å². The molecule has 27 heavy (non-hydrogen) atoms. The van der Waals surface area contributed by atoms with Gasteiger partial charge in [-0.25, -0.2) is 0 Å². The van der Waals surface area contributed by atoms with E-state index in [2.05, 4.69) is 25.2 Å². The van der Waals surface area contributed by atoms with Gasteiger partial charge >= 0.3 is 0 Å². The molecule has 0 bridgehead atoms. The fourth-order valence-electron chi connectivity index (χ4n) is 3.22. The van der Waals surface area contributed by atoms with Crippen molar-refractivity contribution in [3.63, 3.8) is 0 Å². The third-order valence-corrected chi connectivity index (χ3v) is 4.79. The maximum absolute atomic E-state index is 12.6. The molecule has 3 rings (SSSR count). The van der Waals surface area contributed by atoms with E-state index in [0.29, 0.717) is 12.1 Å². The van der Waals surface area contributed by atoms with E-state index in [-0.39, 0.29) is 11.5 Å². The third kappa shape index (κ3) is 4.47. The number of carbonyl (C=O) groups is 1. The van der Waals surface area contributed by atoms with E-state index in [4.69, 9.17) is 14.7 Å². The van der Waals surface area contributed by atoms with Crippen molar-refractivity contribution in [1.29, 1.82) is 5.26 Å². The summed E-state index contributed by atoms with van der Waals surface area (Å²) in [6, 6.07) is 15.0. The van der Waals surface area contributed by atoms with Crippen molar-refractivity contribution < 1.29 is 14.3 Å². The van der Waals surface area contributed by atoms with Crippen LogP contribution in [-0.4, -0.2) is 18.6 Å². The fraction of sp³-hybridized carbons (Fsp3) is 0.364. The average Bonchev–Trinajstić information content (AvgIpc) is 2.67. The van der Waals surface area contributed by atoms with Crippen LogP contribution in [0.2, 0.25) is 0 Å². The molecule has 1 aliphatic rings. The molecule has 1 heterocycles. The first kappa shape index (κ1) is 18.9. The molecule has 2 aromatic rings. The zero-order chi connectivity index (χ0) is 19.4. The topological polar surface area (TPSA) is 71.3 Å². The van der Waals surface area contributed by atoms with Crippen molar-refractivity contribution in [3.05, 3.63) is 64.7 Å². The van der Waals surface area contributed by atoms with E-state index in [1.54, 1.807) is 12.1 Å². The zero-order valence-corrected chi connectivity index (χ0v) is 15.9. The number of hydrogen-bond acceptors (Lipinski definition) is 4. The number of nitriles is 1. The van der Waals surface area contributed by atoms with Gasteiger partial charge in [0.2, 0.25) is 0 Å². The minimum Gasteiger partial charge on any atom is -0.488 e. The Balaban J connectivity index is 1.69. The van der Waals surface area contributed by atoms with Gasteiger partial charge in [0.1, 0.15) is 11.4 Å². The molecule has 0 radical (unpaired) electrons. The van der Waals surface area contributed by atoms with Gasteiger partial charge in [-0.05, 0) is 67.6 Å². The van der Waals surface area contributed by atoms with Gasteiger partial charge in [-0.3, -0.25) is 4.79 Å². The number of nitrogens with zero attached hydrogens (tertiary/aromatic N) is 1. The first-order chi connectivity index (χ1) is 12.9. The molecule has 0 aromatic heterocycles. The standard InChI is InChI=1S/C22H24N2O3/c1-22(2)11-10-17-12-18(8-9-19(17)27-22)20(26-3)21(25)24-14-16-6-4-15(13-23)5-7-16/h4-9,12,20H,10-11,14H2,1-3H3,(H,24,25). The molecule has 1 amide bonds. The van der Waals surface area contributed by atoms with Crippen LogP contribution in [0.4, 0.5) is 0 Å². The molecule has 2 aromatic carbocycles. The lowest BCUT2D eigenvalue weighted by molar-refractivity contribution is -0.131. The van der Waals surface area contributed by atoms with Crippen molar-refractivity contribution in [3.8, 4) is 11.8 Å². The van der Waals surface area contributed by atoms with Crippen LogP contribution < -0.4 is 10.1 Å². The zero-order valence-electron chi connectivity index (χ0n) is 15.9. The van der Waals surface area contributed by atoms with Crippen molar-refractivity contribution in [1.82, 2.24) is 5.32 Å². The number of aryl methyl sites for hydroxylation is 1. The second-order valence-corrected chi connectivity index (χ2v) is 7.37. The monoisotopic (exact) mass is 364 g/mol. The molecule has 1 atom stereocenters. The summed E-state index contributed by atoms with van der Waals surface area (Å²) in [4.78, 5) is 12.6. The van der Waals surface area contributed by atoms with Gasteiger partial charge < -0.3 is 14.8 Å². The summed E-state index contributed by atoms with van der Waals surface area (Å²) in [5.41, 5.74) is 3.29. The second kappa shape index (κ2) is 7.81. The van der Waals surface area contributed by atoms with E-state index in [9.17, 15) is 4.79 Å². The maximum Gasteiger partial charge on any atom is 0.254 e. The predicted molar refractivity (Wildman–Crippen MR) is 102 cm³/mol. The minimum absolute atomic E-state index is 0.159. The van der Waals surface area contributed by atoms with Gasteiger partial charge in [0.05, 0.1) is 11.6 Å². The second-order valence-electron chi connectivity index (χ2n) is 7.37. The molecule has 0 fully saturated rings. The number of fused-ring (bicyclic) bond motifs is 1. The molecule has 0 spiro atoms. The molecule has 1 unspecified atom stereocenters. The number of hydrogen-bond donors (Lipinski definition) is 1. The Morgan fingerprint density at radius 3 is 2.70 bits per heavy atom. The first-order valence-electron chi connectivity index (χ1n) is 9.03. The normalized spacial score (nSPS) is 15.8. The smallest absolute Gasteiger partial charge is 0.254 e. The lowest BCUT2D eigenvalue weighted by atomic mass is 9.92. The summed E-state index contributed by atoms with van der Waals surface area (Å²) in [5.74, 6) is 0.682. The molecular formula is C22H24N2O3. The largest absolute Gasteiger partial charge is 0.488 e. The molecule has 0 saturated carbocycles. The number of ether oxygens (including phenoxy) is 2. The van der Waals surface area contributed by atoms with Gasteiger partial charge in [-0.15, -0.1) is 0 Å². The predicted octanol–water partition coefficient (Wildman–Crippen LogP) is 3.67. The molecule has 140 valence electrons. The van der Waals surface area contributed by atoms with Crippen molar-refractivity contribution in [2.45, 2.75) is 44.9 Å². The fourth-order valence-corrected chi connectivity index (χ4v) is 3.22. The Morgan fingerprint density at radius 1 is 1.30 bits per heavy atom. The van der Waals surface area contributed by atoms with E-state index < -0.39 is 6.10 Å². The van der Waals surface area contributed by atoms with E-state index in [1.165, 1.54) is 7.11 Å². The lowest BCUT2D eigenvalue weighted by Gasteiger charge is -2.33. The van der Waals surface area contributed by atoms with Crippen LogP contribution in [0.5, 0.6) is 5.75 Å². The number of amides is 1. The van der Waals surface area contributed by atoms with Crippen LogP contribution in [-0.2, 0) is 22.5 Å². The highest BCUT2D eigenvalue weighted by Crippen LogP contribution is 2.35. The Morgan fingerprint density at radius 2 is 2.04 bits per heavy atom. The molecule has 1 N–H and O–H groups in total. The summed E-state index contributed by atoms with van der Waals surface area (Å²) in [7, 11) is 1.53. The highest BCUT2D eigenvalue weighted by atomic mass is 16.5. The van der Waals surface area contributed by atoms with Crippen LogP contribution in [0.1, 0.15) is 48.6 Å². The van der Waals surface area contributed by atoms with Crippen molar-refractivity contribution in [2.75, 3.05) is 7.11 Å². The Labute approximate surface area is 159 Å². The molecule has 0 saturated heterocycles. The Bertz CT molecular complexity index is 866. The van der Waals surface area contributed by atoms with Gasteiger partial charge in [-0.1, -0.05) is 18.2 Å². The number of benzene rings is 2. The Kier molecular flexibility index (Phi) is 5.48. The molecule has 5 nitrogen and oxygen atoms in total. The highest BCUT2D eigenvalue weighted by molar-refractivity contribution is 5.82. The number of rotatable bonds is 5. The summed E-state index contributed by atoms with van der Waals surface area (Å²) >= 11 is 0. The minimum atomic E-state index is -0.677. The molecule has 1 aliphatic heterocycles. The summed E-state index contributed by atoms with van der Waals surface area (Å²) in [6.45, 7) is 4.55. The van der Waals surface area contributed by atoms with E-state index in [1.807, 2.05) is 30.3 Å². The van der Waals surface area contributed by atoms with Gasteiger partial charge in [-0.2, -0.15) is 5.26 Å². The first-order valence-corrected chi connectivity index (χ1v) is 9.03. The number of carbonyl (C=O) groups excluding carboxylic acids is 1. The lowest BCUT2D eigenvalue weighted by Crippen LogP contribution is -2.33. The van der Waals surface area contributed by atoms with Crippen LogP contribution >= 0.6 is 0 Å². The number of nitrogens with one attached hydrogen (secondary N) is 1. The van der Waals surface area contributed by atoms with Gasteiger partial charge in [0.15, 0.2) is 6.10 Å². The van der Waals surface area contributed by atoms with Crippen LogP contribution in [0.3, 0.4) is 0 Å². The van der Waals surface area contributed by atoms with Gasteiger partial charge in [0.25, 0.3) is 5.91 Å². The number of methoxy groups -OCH3 is 1. The highest BCUT2D eigenvalue weighted by Gasteiger charge is 2.28. The average molecular weight is 364 g/mol. The maximum atomic E-state index is 12.6. The molecule has 5 heteroatoms. The quantitative estimate of drug-likeness (QED) is 0.879. The third-order valence-electron chi connectivity index (χ3n) is 4.79. The van der Waals surface area contributed by atoms with Crippen LogP contribution in [0, 0.1) is 11.3 Å². The van der Waals surface area contributed by atoms with E-state index >= 15 is 0 Å². The summed E-state index contributed by atoms with van der Waals surface area (Å²) in [5, 5.41) is 11.7. The molecular weight excluding hydrogens is 340 g/mol. The van der Waals surface area contributed by atoms with Crippen LogP contribution in [0.25, 0.3) is 0 Å². The molecule has 0 aliphatic carbocycles.